The van der Waals surface area contributed by atoms with Crippen LogP contribution in [0, 0.1) is 0 Å². The third-order valence-electron chi connectivity index (χ3n) is 9.80. The van der Waals surface area contributed by atoms with E-state index >= 15 is 0 Å². The molecule has 9 rings (SSSR count). The average Bonchev–Trinajstić information content (AvgIpc) is 3.88. The number of hydrogen-bond donors (Lipinski definition) is 2. The molecule has 7 aromatic rings. The topological polar surface area (TPSA) is 60.1 Å². The highest BCUT2D eigenvalue weighted by molar-refractivity contribution is 6.18. The lowest BCUT2D eigenvalue weighted by Crippen LogP contribution is -2.35. The van der Waals surface area contributed by atoms with Gasteiger partial charge in [-0.05, 0) is 54.3 Å². The molecule has 4 aromatic carbocycles. The Kier molecular flexibility index (Phi) is 8.93. The van der Waals surface area contributed by atoms with E-state index < -0.39 is 0 Å². The van der Waals surface area contributed by atoms with E-state index in [0.29, 0.717) is 0 Å². The number of aromatic nitrogens is 3. The van der Waals surface area contributed by atoms with Crippen LogP contribution in [0.25, 0.3) is 33.1 Å². The third-order valence-corrected chi connectivity index (χ3v) is 9.80. The van der Waals surface area contributed by atoms with E-state index in [1.54, 1.807) is 0 Å². The lowest BCUT2D eigenvalue weighted by molar-refractivity contribution is 0.386. The zero-order valence-electron chi connectivity index (χ0n) is 28.1. The first kappa shape index (κ1) is 31.2. The third kappa shape index (κ3) is 5.60. The molecular formula is C43H43N5. The first-order chi connectivity index (χ1) is 23.7. The summed E-state index contributed by atoms with van der Waals surface area (Å²) >= 11 is 0. The van der Waals surface area contributed by atoms with Gasteiger partial charge in [0.15, 0.2) is 0 Å². The van der Waals surface area contributed by atoms with Crippen LogP contribution in [0.3, 0.4) is 0 Å². The second-order valence-corrected chi connectivity index (χ2v) is 12.4. The molecule has 3 aromatic heterocycles. The number of anilines is 2. The molecule has 0 atom stereocenters. The van der Waals surface area contributed by atoms with E-state index in [0.717, 1.165) is 16.9 Å². The smallest absolute Gasteiger partial charge is 0.137 e. The summed E-state index contributed by atoms with van der Waals surface area (Å²) in [5.41, 5.74) is 12.1. The van der Waals surface area contributed by atoms with Crippen LogP contribution in [0.15, 0.2) is 139 Å². The van der Waals surface area contributed by atoms with Crippen molar-refractivity contribution in [3.63, 3.8) is 0 Å². The van der Waals surface area contributed by atoms with E-state index in [2.05, 4.69) is 148 Å². The molecule has 1 fully saturated rings. The average molecular weight is 630 g/mol. The van der Waals surface area contributed by atoms with Crippen molar-refractivity contribution in [1.29, 1.82) is 0 Å². The van der Waals surface area contributed by atoms with Crippen molar-refractivity contribution in [1.82, 2.24) is 15.0 Å². The summed E-state index contributed by atoms with van der Waals surface area (Å²) < 4.78 is 0. The van der Waals surface area contributed by atoms with Gasteiger partial charge in [0.05, 0.1) is 17.1 Å². The normalized spacial score (nSPS) is 14.4. The van der Waals surface area contributed by atoms with Crippen molar-refractivity contribution in [3.05, 3.63) is 145 Å². The highest BCUT2D eigenvalue weighted by Crippen LogP contribution is 2.51. The Morgan fingerprint density at radius 3 is 2.19 bits per heavy atom. The quantitative estimate of drug-likeness (QED) is 0.203. The molecule has 0 unspecified atom stereocenters. The van der Waals surface area contributed by atoms with Gasteiger partial charge in [0.1, 0.15) is 5.65 Å². The van der Waals surface area contributed by atoms with E-state index in [1.165, 1.54) is 82.2 Å². The first-order valence-electron chi connectivity index (χ1n) is 17.3. The molecule has 0 bridgehead atoms. The summed E-state index contributed by atoms with van der Waals surface area (Å²) in [6.07, 6.45) is 12.3. The van der Waals surface area contributed by atoms with Crippen LogP contribution in [0.2, 0.25) is 0 Å². The van der Waals surface area contributed by atoms with Crippen LogP contribution in [0.4, 0.5) is 17.1 Å². The van der Waals surface area contributed by atoms with Gasteiger partial charge in [-0.1, -0.05) is 118 Å². The number of hydrogen-bond acceptors (Lipinski definition) is 3. The number of benzene rings is 4. The monoisotopic (exact) mass is 629 g/mol. The molecule has 1 aliphatic carbocycles. The fourth-order valence-electron chi connectivity index (χ4n) is 7.55. The Morgan fingerprint density at radius 1 is 0.625 bits per heavy atom. The predicted octanol–water partition coefficient (Wildman–Crippen LogP) is 11.5. The Labute approximate surface area is 283 Å². The van der Waals surface area contributed by atoms with Gasteiger partial charge in [-0.3, -0.25) is 4.99 Å². The van der Waals surface area contributed by atoms with Gasteiger partial charge in [0, 0.05) is 64.2 Å². The zero-order chi connectivity index (χ0) is 32.9. The number of pyridine rings is 1. The van der Waals surface area contributed by atoms with Gasteiger partial charge in [0.25, 0.3) is 0 Å². The highest BCUT2D eigenvalue weighted by Gasteiger charge is 2.45. The molecule has 0 amide bonds. The van der Waals surface area contributed by atoms with Crippen LogP contribution in [0.1, 0.15) is 57.1 Å². The minimum Gasteiger partial charge on any atom is -0.359 e. The molecule has 2 N–H and O–H groups in total. The van der Waals surface area contributed by atoms with Gasteiger partial charge >= 0.3 is 0 Å². The van der Waals surface area contributed by atoms with Crippen molar-refractivity contribution in [2.24, 2.45) is 4.99 Å². The summed E-state index contributed by atoms with van der Waals surface area (Å²) in [4.78, 5) is 18.5. The molecule has 2 aliphatic rings. The van der Waals surface area contributed by atoms with Gasteiger partial charge in [-0.2, -0.15) is 0 Å². The molecule has 48 heavy (non-hydrogen) atoms. The zero-order valence-corrected chi connectivity index (χ0v) is 28.1. The molecule has 5 heteroatoms. The van der Waals surface area contributed by atoms with Crippen molar-refractivity contribution >= 4 is 44.7 Å². The van der Waals surface area contributed by atoms with Crippen LogP contribution in [0.5, 0.6) is 0 Å². The fraction of sp³-hybridized carbons (Fsp3) is 0.209. The van der Waals surface area contributed by atoms with Crippen molar-refractivity contribution < 1.29 is 0 Å². The van der Waals surface area contributed by atoms with E-state index in [4.69, 9.17) is 4.99 Å². The van der Waals surface area contributed by atoms with E-state index in [-0.39, 0.29) is 5.41 Å². The lowest BCUT2D eigenvalue weighted by atomic mass is 9.66. The van der Waals surface area contributed by atoms with Gasteiger partial charge in [-0.15, -0.1) is 0 Å². The molecule has 4 heterocycles. The molecule has 5 nitrogen and oxygen atoms in total. The SMILES string of the molecule is CC.CN(c1ccccc1-c1ccccc1)c1c[nH]c2ccccc12.c1ccc2c(c1)N=C(c1c[nH]c3ncccc13)C21CCCCC1. The highest BCUT2D eigenvalue weighted by atomic mass is 15.1. The lowest BCUT2D eigenvalue weighted by Gasteiger charge is -2.35. The summed E-state index contributed by atoms with van der Waals surface area (Å²) in [5, 5.41) is 2.42. The summed E-state index contributed by atoms with van der Waals surface area (Å²) in [6, 6.07) is 40.3. The Balaban J connectivity index is 0.000000145. The molecule has 1 spiro atoms. The van der Waals surface area contributed by atoms with Gasteiger partial charge in [-0.25, -0.2) is 4.98 Å². The number of nitrogens with one attached hydrogen (secondary N) is 2. The Bertz CT molecular complexity index is 2160. The molecule has 240 valence electrons. The van der Waals surface area contributed by atoms with E-state index in [9.17, 15) is 0 Å². The fourth-order valence-corrected chi connectivity index (χ4v) is 7.55. The molecule has 1 saturated carbocycles. The van der Waals surface area contributed by atoms with Crippen molar-refractivity contribution in [2.75, 3.05) is 11.9 Å². The first-order valence-corrected chi connectivity index (χ1v) is 17.3. The second kappa shape index (κ2) is 13.7. The van der Waals surface area contributed by atoms with Gasteiger partial charge < -0.3 is 14.9 Å². The van der Waals surface area contributed by atoms with Crippen molar-refractivity contribution in [3.8, 4) is 11.1 Å². The number of fused-ring (bicyclic) bond motifs is 4. The molecule has 0 saturated heterocycles. The molecule has 0 radical (unpaired) electrons. The number of H-pyrrole nitrogens is 2. The second-order valence-electron chi connectivity index (χ2n) is 12.4. The van der Waals surface area contributed by atoms with Crippen molar-refractivity contribution in [2.45, 2.75) is 51.4 Å². The molecule has 1 aliphatic heterocycles. The largest absolute Gasteiger partial charge is 0.359 e. The summed E-state index contributed by atoms with van der Waals surface area (Å²) in [5.74, 6) is 0. The minimum absolute atomic E-state index is 0.0970. The number of para-hydroxylation sites is 3. The van der Waals surface area contributed by atoms with Crippen LogP contribution >= 0.6 is 0 Å². The van der Waals surface area contributed by atoms with Crippen LogP contribution in [-0.4, -0.2) is 27.7 Å². The minimum atomic E-state index is 0.0970. The summed E-state index contributed by atoms with van der Waals surface area (Å²) in [6.45, 7) is 4.00. The standard InChI is InChI=1S/C21H18N2.C20H19N3.C2H6/c1-23(21-15-22-19-13-7-5-12-18(19)21)20-14-8-6-11-17(20)16-9-3-2-4-10-16;1-4-10-20(11-5-1)16-8-2-3-9-17(16)23-18(20)15-13-22-19-14(15)7-6-12-21-19;1-2/h2-15,22H,1H3;2-3,6-9,12-13H,1,4-5,10-11H2,(H,21,22);1-2H3. The maximum absolute atomic E-state index is 5.09. The number of nitrogens with zero attached hydrogens (tertiary/aromatic N) is 3. The maximum Gasteiger partial charge on any atom is 0.137 e. The number of rotatable bonds is 4. The predicted molar refractivity (Wildman–Crippen MR) is 203 cm³/mol. The van der Waals surface area contributed by atoms with Crippen LogP contribution in [-0.2, 0) is 5.41 Å². The Hall–Kier alpha value is -5.42. The maximum atomic E-state index is 5.09. The van der Waals surface area contributed by atoms with E-state index in [1.807, 2.05) is 26.1 Å². The van der Waals surface area contributed by atoms with Gasteiger partial charge in [0.2, 0.25) is 0 Å². The number of aliphatic imine (C=N–C) groups is 1. The molecular weight excluding hydrogens is 587 g/mol. The number of aromatic amines is 2. The summed E-state index contributed by atoms with van der Waals surface area (Å²) in [7, 11) is 2.12. The van der Waals surface area contributed by atoms with Crippen LogP contribution < -0.4 is 4.90 Å². The Morgan fingerprint density at radius 2 is 1.33 bits per heavy atom.